The highest BCUT2D eigenvalue weighted by Crippen LogP contribution is 2.11. The molecule has 2 heteroatoms. The van der Waals surface area contributed by atoms with Crippen LogP contribution in [-0.4, -0.2) is 4.57 Å². The molecule has 1 aromatic rings. The Labute approximate surface area is 145 Å². The summed E-state index contributed by atoms with van der Waals surface area (Å²) in [6.45, 7) is 5.78. The van der Waals surface area contributed by atoms with Crippen molar-refractivity contribution in [1.29, 1.82) is 0 Å². The highest BCUT2D eigenvalue weighted by molar-refractivity contribution is 4.84. The minimum atomic E-state index is 1.21. The van der Waals surface area contributed by atoms with Gasteiger partial charge in [-0.1, -0.05) is 78.1 Å². The van der Waals surface area contributed by atoms with Crippen LogP contribution in [0.1, 0.15) is 103 Å². The van der Waals surface area contributed by atoms with Crippen molar-refractivity contribution in [2.45, 2.75) is 110 Å². The van der Waals surface area contributed by atoms with Crippen LogP contribution in [0.4, 0.5) is 0 Å². The number of hydrogen-bond acceptors (Lipinski definition) is 0. The molecule has 0 aromatic carbocycles. The number of hydrogen-bond donors (Lipinski definition) is 0. The zero-order chi connectivity index (χ0) is 16.8. The number of imidazole rings is 1. The van der Waals surface area contributed by atoms with Gasteiger partial charge in [0.15, 0.2) is 0 Å². The van der Waals surface area contributed by atoms with Crippen LogP contribution >= 0.6 is 0 Å². The van der Waals surface area contributed by atoms with E-state index in [9.17, 15) is 0 Å². The standard InChI is InChI=1S/C21H41N2/c1-4-6-8-9-10-11-12-13-14-16-18-23-20-19-22(3)21(23)17-15-7-5-2/h19-20H,4-18H2,1-3H3/q+1. The van der Waals surface area contributed by atoms with Gasteiger partial charge in [-0.25, -0.2) is 9.13 Å². The van der Waals surface area contributed by atoms with Crippen LogP contribution in [0.15, 0.2) is 12.4 Å². The van der Waals surface area contributed by atoms with Crippen LogP contribution in [0.5, 0.6) is 0 Å². The van der Waals surface area contributed by atoms with Crippen molar-refractivity contribution in [3.63, 3.8) is 0 Å². The summed E-state index contributed by atoms with van der Waals surface area (Å²) in [5, 5.41) is 0. The van der Waals surface area contributed by atoms with E-state index in [0.717, 1.165) is 0 Å². The molecule has 0 radical (unpaired) electrons. The smallest absolute Gasteiger partial charge is 0.237 e. The molecule has 1 aromatic heterocycles. The molecule has 0 bridgehead atoms. The maximum Gasteiger partial charge on any atom is 0.256 e. The van der Waals surface area contributed by atoms with E-state index in [0.29, 0.717) is 0 Å². The molecule has 0 spiro atoms. The fraction of sp³-hybridized carbons (Fsp3) is 0.857. The van der Waals surface area contributed by atoms with Gasteiger partial charge in [0, 0.05) is 6.42 Å². The average Bonchev–Trinajstić information content (AvgIpc) is 2.90. The molecule has 0 saturated heterocycles. The van der Waals surface area contributed by atoms with Crippen molar-refractivity contribution >= 4 is 0 Å². The Hall–Kier alpha value is -0.790. The summed E-state index contributed by atoms with van der Waals surface area (Å²) < 4.78 is 4.80. The number of aryl methyl sites for hydroxylation is 2. The van der Waals surface area contributed by atoms with Gasteiger partial charge in [0.05, 0.1) is 13.6 Å². The largest absolute Gasteiger partial charge is 0.256 e. The molecule has 1 heterocycles. The van der Waals surface area contributed by atoms with E-state index < -0.39 is 0 Å². The van der Waals surface area contributed by atoms with E-state index in [1.807, 2.05) is 0 Å². The van der Waals surface area contributed by atoms with Gasteiger partial charge in [-0.05, 0) is 19.3 Å². The molecule has 0 N–H and O–H groups in total. The van der Waals surface area contributed by atoms with E-state index in [1.54, 1.807) is 0 Å². The first-order valence-electron chi connectivity index (χ1n) is 10.3. The van der Waals surface area contributed by atoms with Gasteiger partial charge in [-0.2, -0.15) is 0 Å². The molecule has 0 fully saturated rings. The summed E-state index contributed by atoms with van der Waals surface area (Å²) in [5.74, 6) is 1.51. The van der Waals surface area contributed by atoms with Gasteiger partial charge < -0.3 is 0 Å². The first-order chi connectivity index (χ1) is 11.3. The number of rotatable bonds is 15. The van der Waals surface area contributed by atoms with Gasteiger partial charge in [0.2, 0.25) is 0 Å². The predicted octanol–water partition coefficient (Wildman–Crippen LogP) is 5.97. The summed E-state index contributed by atoms with van der Waals surface area (Å²) in [6, 6.07) is 0. The van der Waals surface area contributed by atoms with Gasteiger partial charge in [-0.15, -0.1) is 0 Å². The Morgan fingerprint density at radius 2 is 1.26 bits per heavy atom. The molecule has 0 aliphatic heterocycles. The Morgan fingerprint density at radius 1 is 0.739 bits per heavy atom. The third-order valence-corrected chi connectivity index (χ3v) is 4.97. The van der Waals surface area contributed by atoms with E-state index >= 15 is 0 Å². The van der Waals surface area contributed by atoms with E-state index in [1.165, 1.54) is 102 Å². The van der Waals surface area contributed by atoms with Crippen LogP contribution < -0.4 is 4.57 Å². The molecule has 23 heavy (non-hydrogen) atoms. The van der Waals surface area contributed by atoms with Crippen LogP contribution in [0, 0.1) is 0 Å². The molecular weight excluding hydrogens is 280 g/mol. The summed E-state index contributed by atoms with van der Waals surface area (Å²) in [6.07, 6.45) is 23.9. The van der Waals surface area contributed by atoms with Crippen molar-refractivity contribution in [1.82, 2.24) is 4.57 Å². The molecule has 1 rings (SSSR count). The number of nitrogens with zero attached hydrogens (tertiary/aromatic N) is 2. The lowest BCUT2D eigenvalue weighted by Gasteiger charge is -2.04. The van der Waals surface area contributed by atoms with Crippen molar-refractivity contribution < 1.29 is 4.57 Å². The molecule has 0 atom stereocenters. The zero-order valence-corrected chi connectivity index (χ0v) is 16.2. The first kappa shape index (κ1) is 20.3. The van der Waals surface area contributed by atoms with Crippen LogP contribution in [0.2, 0.25) is 0 Å². The predicted molar refractivity (Wildman–Crippen MR) is 101 cm³/mol. The zero-order valence-electron chi connectivity index (χ0n) is 16.2. The fourth-order valence-electron chi connectivity index (χ4n) is 3.38. The lowest BCUT2D eigenvalue weighted by molar-refractivity contribution is -0.678. The molecular formula is C21H41N2+. The van der Waals surface area contributed by atoms with Gasteiger partial charge in [0.25, 0.3) is 5.82 Å². The Balaban J connectivity index is 2.07. The average molecular weight is 322 g/mol. The third-order valence-electron chi connectivity index (χ3n) is 4.97. The topological polar surface area (TPSA) is 8.81 Å². The highest BCUT2D eigenvalue weighted by Gasteiger charge is 2.13. The maximum absolute atomic E-state index is 2.49. The van der Waals surface area contributed by atoms with Gasteiger partial charge in [-0.3, -0.25) is 0 Å². The van der Waals surface area contributed by atoms with Gasteiger partial charge >= 0.3 is 0 Å². The molecule has 0 unspecified atom stereocenters. The Morgan fingerprint density at radius 3 is 1.87 bits per heavy atom. The minimum Gasteiger partial charge on any atom is -0.237 e. The third kappa shape index (κ3) is 9.17. The Kier molecular flexibility index (Phi) is 12.0. The van der Waals surface area contributed by atoms with Crippen molar-refractivity contribution in [3.8, 4) is 0 Å². The second kappa shape index (κ2) is 13.6. The number of aromatic nitrogens is 2. The molecule has 2 nitrogen and oxygen atoms in total. The highest BCUT2D eigenvalue weighted by atomic mass is 15.1. The molecule has 0 aliphatic carbocycles. The minimum absolute atomic E-state index is 1.21. The van der Waals surface area contributed by atoms with Crippen LogP contribution in [0.3, 0.4) is 0 Å². The van der Waals surface area contributed by atoms with E-state index in [-0.39, 0.29) is 0 Å². The quantitative estimate of drug-likeness (QED) is 0.278. The normalized spacial score (nSPS) is 11.3. The second-order valence-corrected chi connectivity index (χ2v) is 7.16. The van der Waals surface area contributed by atoms with Crippen LogP contribution in [0.25, 0.3) is 0 Å². The molecule has 0 saturated carbocycles. The van der Waals surface area contributed by atoms with E-state index in [2.05, 4.69) is 42.4 Å². The molecule has 0 amide bonds. The van der Waals surface area contributed by atoms with Crippen LogP contribution in [-0.2, 0) is 20.0 Å². The SMILES string of the molecule is CCCCCCCCCCCCn1cc[n+](C)c1CCCCC. The van der Waals surface area contributed by atoms with Crippen molar-refractivity contribution in [2.24, 2.45) is 7.05 Å². The molecule has 0 aliphatic rings. The monoisotopic (exact) mass is 321 g/mol. The summed E-state index contributed by atoms with van der Waals surface area (Å²) in [5.41, 5.74) is 0. The van der Waals surface area contributed by atoms with Crippen molar-refractivity contribution in [2.75, 3.05) is 0 Å². The van der Waals surface area contributed by atoms with E-state index in [4.69, 9.17) is 0 Å². The second-order valence-electron chi connectivity index (χ2n) is 7.16. The summed E-state index contributed by atoms with van der Waals surface area (Å²) in [7, 11) is 2.19. The maximum atomic E-state index is 2.49. The van der Waals surface area contributed by atoms with Crippen molar-refractivity contribution in [3.05, 3.63) is 18.2 Å². The van der Waals surface area contributed by atoms with Gasteiger partial charge in [0.1, 0.15) is 12.4 Å². The Bertz CT molecular complexity index is 381. The summed E-state index contributed by atoms with van der Waals surface area (Å²) >= 11 is 0. The number of unbranched alkanes of at least 4 members (excludes halogenated alkanes) is 11. The lowest BCUT2D eigenvalue weighted by Crippen LogP contribution is -2.32. The fourth-order valence-corrected chi connectivity index (χ4v) is 3.38. The lowest BCUT2D eigenvalue weighted by atomic mass is 10.1. The summed E-state index contributed by atoms with van der Waals surface area (Å²) in [4.78, 5) is 0. The molecule has 134 valence electrons. The first-order valence-corrected chi connectivity index (χ1v) is 10.3.